The number of unbranched alkanes of at least 4 members (excludes halogenated alkanes) is 2. The molecular weight excluding hydrogens is 302 g/mol. The molecule has 0 N–H and O–H groups in total. The number of hydrogen-bond acceptors (Lipinski definition) is 3. The summed E-state index contributed by atoms with van der Waals surface area (Å²) in [5, 5.41) is 0. The van der Waals surface area contributed by atoms with Crippen molar-refractivity contribution in [1.29, 1.82) is 0 Å². The van der Waals surface area contributed by atoms with E-state index in [1.54, 1.807) is 7.11 Å². The van der Waals surface area contributed by atoms with Crippen LogP contribution in [0.5, 0.6) is 5.75 Å². The van der Waals surface area contributed by atoms with E-state index in [-0.39, 0.29) is 23.1 Å². The molecule has 1 aromatic rings. The van der Waals surface area contributed by atoms with Crippen LogP contribution >= 0.6 is 0 Å². The summed E-state index contributed by atoms with van der Waals surface area (Å²) < 4.78 is 5.35. The van der Waals surface area contributed by atoms with Crippen LogP contribution in [0.3, 0.4) is 0 Å². The summed E-state index contributed by atoms with van der Waals surface area (Å²) in [7, 11) is 1.65. The van der Waals surface area contributed by atoms with Gasteiger partial charge in [-0.15, -0.1) is 0 Å². The summed E-state index contributed by atoms with van der Waals surface area (Å²) in [6, 6.07) is 7.92. The van der Waals surface area contributed by atoms with Gasteiger partial charge in [-0.2, -0.15) is 0 Å². The Labute approximate surface area is 144 Å². The third-order valence-electron chi connectivity index (χ3n) is 5.74. The van der Waals surface area contributed by atoms with Crippen LogP contribution in [0.15, 0.2) is 24.3 Å². The van der Waals surface area contributed by atoms with Gasteiger partial charge in [0.25, 0.3) is 0 Å². The zero-order valence-electron chi connectivity index (χ0n) is 14.7. The first-order chi connectivity index (χ1) is 11.6. The summed E-state index contributed by atoms with van der Waals surface area (Å²) in [6.45, 7) is 2.71. The lowest BCUT2D eigenvalue weighted by molar-refractivity contribution is -0.155. The van der Waals surface area contributed by atoms with Crippen molar-refractivity contribution < 1.29 is 14.3 Å². The molecule has 1 saturated heterocycles. The maximum atomic E-state index is 13.0. The normalized spacial score (nSPS) is 26.6. The highest BCUT2D eigenvalue weighted by atomic mass is 16.5. The Morgan fingerprint density at radius 2 is 2.12 bits per heavy atom. The molecule has 4 heteroatoms. The topological polar surface area (TPSA) is 46.6 Å². The number of ether oxygens (including phenoxy) is 1. The van der Waals surface area contributed by atoms with Gasteiger partial charge in [0.05, 0.1) is 7.11 Å². The number of hydrogen-bond donors (Lipinski definition) is 0. The molecule has 1 saturated carbocycles. The maximum Gasteiger partial charge on any atom is 0.233 e. The van der Waals surface area contributed by atoms with Crippen LogP contribution in [-0.4, -0.2) is 30.4 Å². The molecule has 0 aromatic heterocycles. The molecule has 2 fully saturated rings. The summed E-state index contributed by atoms with van der Waals surface area (Å²) in [5.74, 6) is 0.765. The number of nitrogens with zero attached hydrogens (tertiary/aromatic N) is 1. The summed E-state index contributed by atoms with van der Waals surface area (Å²) >= 11 is 0. The van der Waals surface area contributed by atoms with Gasteiger partial charge in [-0.05, 0) is 37.0 Å². The average Bonchev–Trinajstić information content (AvgIpc) is 3.03. The Hall–Kier alpha value is -1.84. The highest BCUT2D eigenvalue weighted by Gasteiger charge is 2.54. The number of amides is 2. The number of imide groups is 1. The summed E-state index contributed by atoms with van der Waals surface area (Å²) in [4.78, 5) is 27.3. The fourth-order valence-electron chi connectivity index (χ4n) is 4.46. The van der Waals surface area contributed by atoms with Gasteiger partial charge in [0.2, 0.25) is 11.8 Å². The minimum atomic E-state index is -0.329. The molecular formula is C20H27NO3. The highest BCUT2D eigenvalue weighted by Crippen LogP contribution is 2.52. The van der Waals surface area contributed by atoms with E-state index in [0.717, 1.165) is 49.8 Å². The molecule has 0 radical (unpaired) electrons. The van der Waals surface area contributed by atoms with Crippen molar-refractivity contribution in [2.24, 2.45) is 5.92 Å². The van der Waals surface area contributed by atoms with E-state index in [1.807, 2.05) is 24.3 Å². The zero-order chi connectivity index (χ0) is 17.2. The first kappa shape index (κ1) is 17.0. The Morgan fingerprint density at radius 3 is 2.88 bits per heavy atom. The van der Waals surface area contributed by atoms with Crippen molar-refractivity contribution in [1.82, 2.24) is 4.90 Å². The minimum Gasteiger partial charge on any atom is -0.497 e. The first-order valence-electron chi connectivity index (χ1n) is 9.11. The number of fused-ring (bicyclic) bond motifs is 1. The van der Waals surface area contributed by atoms with Crippen molar-refractivity contribution in [2.75, 3.05) is 13.7 Å². The molecule has 130 valence electrons. The van der Waals surface area contributed by atoms with Crippen molar-refractivity contribution in [2.45, 2.75) is 57.3 Å². The van der Waals surface area contributed by atoms with Gasteiger partial charge in [-0.1, -0.05) is 38.3 Å². The summed E-state index contributed by atoms with van der Waals surface area (Å²) in [5.41, 5.74) is 0.753. The number of carbonyl (C=O) groups is 2. The molecule has 2 aliphatic rings. The van der Waals surface area contributed by atoms with Gasteiger partial charge < -0.3 is 4.74 Å². The van der Waals surface area contributed by atoms with E-state index in [4.69, 9.17) is 4.74 Å². The first-order valence-corrected chi connectivity index (χ1v) is 9.11. The van der Waals surface area contributed by atoms with Crippen LogP contribution in [0.2, 0.25) is 0 Å². The summed E-state index contributed by atoms with van der Waals surface area (Å²) in [6.07, 6.45) is 6.30. The molecule has 0 spiro atoms. The molecule has 2 unspecified atom stereocenters. The van der Waals surface area contributed by atoms with Gasteiger partial charge in [-0.3, -0.25) is 14.5 Å². The molecule has 2 atom stereocenters. The highest BCUT2D eigenvalue weighted by molar-refractivity contribution is 6.01. The number of rotatable bonds is 6. The number of likely N-dealkylation sites (tertiary alicyclic amines) is 1. The van der Waals surface area contributed by atoms with Crippen LogP contribution in [-0.2, 0) is 15.0 Å². The number of carbonyl (C=O) groups excluding carboxylic acids is 2. The number of benzene rings is 1. The van der Waals surface area contributed by atoms with Crippen molar-refractivity contribution in [3.63, 3.8) is 0 Å². The van der Waals surface area contributed by atoms with Crippen molar-refractivity contribution in [3.05, 3.63) is 29.8 Å². The van der Waals surface area contributed by atoms with E-state index >= 15 is 0 Å². The molecule has 1 aliphatic carbocycles. The molecule has 1 aromatic carbocycles. The predicted molar refractivity (Wildman–Crippen MR) is 92.9 cm³/mol. The van der Waals surface area contributed by atoms with E-state index in [2.05, 4.69) is 6.92 Å². The fourth-order valence-corrected chi connectivity index (χ4v) is 4.46. The Balaban J connectivity index is 1.89. The Kier molecular flexibility index (Phi) is 4.93. The quantitative estimate of drug-likeness (QED) is 0.591. The predicted octanol–water partition coefficient (Wildman–Crippen LogP) is 3.68. The third-order valence-corrected chi connectivity index (χ3v) is 5.74. The molecule has 1 aliphatic heterocycles. The lowest BCUT2D eigenvalue weighted by atomic mass is 9.67. The molecule has 1 heterocycles. The monoisotopic (exact) mass is 329 g/mol. The standard InChI is InChI=1S/C20H27NO3/c1-3-4-5-12-21-18(22)14-20(11-7-10-17(20)19(21)23)15-8-6-9-16(13-15)24-2/h6,8-9,13,17H,3-5,7,10-12,14H2,1-2H3. The second-order valence-corrected chi connectivity index (χ2v) is 7.10. The van der Waals surface area contributed by atoms with E-state index in [1.165, 1.54) is 4.90 Å². The van der Waals surface area contributed by atoms with Crippen molar-refractivity contribution in [3.8, 4) is 5.75 Å². The number of methoxy groups -OCH3 is 1. The Morgan fingerprint density at radius 1 is 1.29 bits per heavy atom. The maximum absolute atomic E-state index is 13.0. The van der Waals surface area contributed by atoms with Crippen LogP contribution in [0.1, 0.15) is 57.4 Å². The van der Waals surface area contributed by atoms with Gasteiger partial charge in [0, 0.05) is 24.3 Å². The van der Waals surface area contributed by atoms with E-state index in [9.17, 15) is 9.59 Å². The van der Waals surface area contributed by atoms with Gasteiger partial charge in [-0.25, -0.2) is 0 Å². The molecule has 2 amide bonds. The van der Waals surface area contributed by atoms with Crippen LogP contribution in [0, 0.1) is 5.92 Å². The fraction of sp³-hybridized carbons (Fsp3) is 0.600. The van der Waals surface area contributed by atoms with Crippen LogP contribution < -0.4 is 4.74 Å². The van der Waals surface area contributed by atoms with E-state index < -0.39 is 0 Å². The average molecular weight is 329 g/mol. The second-order valence-electron chi connectivity index (χ2n) is 7.10. The Bertz CT molecular complexity index is 627. The third kappa shape index (κ3) is 2.83. The molecule has 4 nitrogen and oxygen atoms in total. The molecule has 24 heavy (non-hydrogen) atoms. The second kappa shape index (κ2) is 6.96. The molecule has 3 rings (SSSR count). The van der Waals surface area contributed by atoms with Crippen LogP contribution in [0.4, 0.5) is 0 Å². The molecule has 0 bridgehead atoms. The lowest BCUT2D eigenvalue weighted by Gasteiger charge is -2.42. The van der Waals surface area contributed by atoms with Crippen LogP contribution in [0.25, 0.3) is 0 Å². The largest absolute Gasteiger partial charge is 0.497 e. The van der Waals surface area contributed by atoms with E-state index in [0.29, 0.717) is 13.0 Å². The van der Waals surface area contributed by atoms with Crippen molar-refractivity contribution >= 4 is 11.8 Å². The van der Waals surface area contributed by atoms with Gasteiger partial charge in [0.15, 0.2) is 0 Å². The van der Waals surface area contributed by atoms with Gasteiger partial charge in [0.1, 0.15) is 5.75 Å². The minimum absolute atomic E-state index is 0.00271. The number of piperidine rings is 1. The van der Waals surface area contributed by atoms with Gasteiger partial charge >= 0.3 is 0 Å². The zero-order valence-corrected chi connectivity index (χ0v) is 14.7. The smallest absolute Gasteiger partial charge is 0.233 e. The lowest BCUT2D eigenvalue weighted by Crippen LogP contribution is -2.54. The SMILES string of the molecule is CCCCCN1C(=O)CC2(c3cccc(OC)c3)CCCC2C1=O.